The molecule has 0 aliphatic carbocycles. The highest BCUT2D eigenvalue weighted by Crippen LogP contribution is 2.22. The zero-order valence-corrected chi connectivity index (χ0v) is 14.2. The maximum atomic E-state index is 11.9. The van der Waals surface area contributed by atoms with E-state index in [9.17, 15) is 4.79 Å². The van der Waals surface area contributed by atoms with E-state index >= 15 is 0 Å². The molecule has 0 heterocycles. The van der Waals surface area contributed by atoms with Crippen LogP contribution >= 0.6 is 23.8 Å². The Balaban J connectivity index is 2.82. The third-order valence-corrected chi connectivity index (χ3v) is 3.19. The number of hydrogen-bond donors (Lipinski definition) is 1. The molecule has 0 unspecified atom stereocenters. The van der Waals surface area contributed by atoms with E-state index in [0.29, 0.717) is 16.3 Å². The van der Waals surface area contributed by atoms with Crippen LogP contribution in [0.1, 0.15) is 44.5 Å². The molecule has 0 aliphatic heterocycles. The quantitative estimate of drug-likeness (QED) is 0.640. The number of nitrogens with one attached hydrogen (secondary N) is 1. The van der Waals surface area contributed by atoms with E-state index in [4.69, 9.17) is 33.3 Å². The van der Waals surface area contributed by atoms with Gasteiger partial charge in [-0.2, -0.15) is 0 Å². The van der Waals surface area contributed by atoms with Crippen LogP contribution in [0.2, 0.25) is 5.02 Å². The Hall–Kier alpha value is -1.33. The number of thiocarbonyl (C=S) groups is 1. The SMILES string of the molecule is CC[C@H](C)OC(=S)Nc1ccc(Cl)c(C(=O)OC(C)C)c1. The molecule has 0 radical (unpaired) electrons. The average Bonchev–Trinajstić information content (AvgIpc) is 2.39. The number of carbonyl (C=O) groups is 1. The smallest absolute Gasteiger partial charge is 0.339 e. The standard InChI is InChI=1S/C15H20ClNO3S/c1-5-10(4)20-15(21)17-11-6-7-13(16)12(8-11)14(18)19-9(2)3/h6-10H,5H2,1-4H3,(H,17,21)/t10-/m0/s1. The molecule has 1 rings (SSSR count). The number of rotatable bonds is 5. The number of halogens is 1. The Morgan fingerprint density at radius 1 is 1.33 bits per heavy atom. The van der Waals surface area contributed by atoms with Crippen molar-refractivity contribution >= 4 is 40.7 Å². The van der Waals surface area contributed by atoms with E-state index in [-0.39, 0.29) is 17.4 Å². The van der Waals surface area contributed by atoms with Crippen LogP contribution in [-0.4, -0.2) is 23.4 Å². The minimum Gasteiger partial charge on any atom is -0.468 e. The highest BCUT2D eigenvalue weighted by Gasteiger charge is 2.15. The fraction of sp³-hybridized carbons (Fsp3) is 0.467. The molecule has 0 saturated carbocycles. The molecule has 1 N–H and O–H groups in total. The molecule has 0 bridgehead atoms. The molecular formula is C15H20ClNO3S. The predicted octanol–water partition coefficient (Wildman–Crippen LogP) is 4.42. The lowest BCUT2D eigenvalue weighted by atomic mass is 10.2. The van der Waals surface area contributed by atoms with Crippen molar-refractivity contribution in [3.05, 3.63) is 28.8 Å². The van der Waals surface area contributed by atoms with E-state index in [2.05, 4.69) is 5.32 Å². The Kier molecular flexibility index (Phi) is 6.92. The summed E-state index contributed by atoms with van der Waals surface area (Å²) in [6.45, 7) is 7.50. The number of anilines is 1. The van der Waals surface area contributed by atoms with Crippen LogP contribution in [0.4, 0.5) is 5.69 Å². The van der Waals surface area contributed by atoms with Gasteiger partial charge in [0, 0.05) is 5.69 Å². The summed E-state index contributed by atoms with van der Waals surface area (Å²) >= 11 is 11.1. The maximum Gasteiger partial charge on any atom is 0.339 e. The zero-order chi connectivity index (χ0) is 16.0. The molecule has 0 fully saturated rings. The van der Waals surface area contributed by atoms with Crippen molar-refractivity contribution in [2.75, 3.05) is 5.32 Å². The Labute approximate surface area is 135 Å². The van der Waals surface area contributed by atoms with Crippen molar-refractivity contribution in [2.45, 2.75) is 46.3 Å². The molecule has 1 aromatic rings. The van der Waals surface area contributed by atoms with Crippen molar-refractivity contribution in [3.8, 4) is 0 Å². The van der Waals surface area contributed by atoms with E-state index in [1.807, 2.05) is 13.8 Å². The van der Waals surface area contributed by atoms with Gasteiger partial charge >= 0.3 is 5.97 Å². The lowest BCUT2D eigenvalue weighted by molar-refractivity contribution is 0.0378. The van der Waals surface area contributed by atoms with Gasteiger partial charge in [-0.1, -0.05) is 18.5 Å². The van der Waals surface area contributed by atoms with Gasteiger partial charge in [0.1, 0.15) is 0 Å². The molecule has 0 aromatic heterocycles. The first-order valence-corrected chi connectivity index (χ1v) is 7.60. The first kappa shape index (κ1) is 17.7. The molecule has 6 heteroatoms. The van der Waals surface area contributed by atoms with Gasteiger partial charge < -0.3 is 14.8 Å². The summed E-state index contributed by atoms with van der Waals surface area (Å²) in [6.07, 6.45) is 0.677. The van der Waals surface area contributed by atoms with Crippen LogP contribution in [0, 0.1) is 0 Å². The summed E-state index contributed by atoms with van der Waals surface area (Å²) in [7, 11) is 0. The summed E-state index contributed by atoms with van der Waals surface area (Å²) in [5.74, 6) is -0.465. The highest BCUT2D eigenvalue weighted by atomic mass is 35.5. The van der Waals surface area contributed by atoms with E-state index in [0.717, 1.165) is 6.42 Å². The van der Waals surface area contributed by atoms with Crippen LogP contribution in [-0.2, 0) is 9.47 Å². The summed E-state index contributed by atoms with van der Waals surface area (Å²) in [5, 5.41) is 3.52. The van der Waals surface area contributed by atoms with Crippen molar-refractivity contribution in [1.29, 1.82) is 0 Å². The monoisotopic (exact) mass is 329 g/mol. The first-order chi connectivity index (χ1) is 9.83. The van der Waals surface area contributed by atoms with Gasteiger partial charge in [0.15, 0.2) is 0 Å². The molecule has 4 nitrogen and oxygen atoms in total. The topological polar surface area (TPSA) is 47.6 Å². The largest absolute Gasteiger partial charge is 0.468 e. The van der Waals surface area contributed by atoms with E-state index in [1.54, 1.807) is 32.0 Å². The van der Waals surface area contributed by atoms with Gasteiger partial charge in [-0.15, -0.1) is 0 Å². The third-order valence-electron chi connectivity index (χ3n) is 2.66. The highest BCUT2D eigenvalue weighted by molar-refractivity contribution is 7.80. The molecular weight excluding hydrogens is 310 g/mol. The Morgan fingerprint density at radius 3 is 2.57 bits per heavy atom. The maximum absolute atomic E-state index is 11.9. The number of benzene rings is 1. The number of hydrogen-bond acceptors (Lipinski definition) is 4. The normalized spacial score (nSPS) is 11.9. The fourth-order valence-corrected chi connectivity index (χ4v) is 1.93. The average molecular weight is 330 g/mol. The lowest BCUT2D eigenvalue weighted by Crippen LogP contribution is -2.19. The van der Waals surface area contributed by atoms with Gasteiger partial charge in [-0.3, -0.25) is 0 Å². The molecule has 1 aromatic carbocycles. The predicted molar refractivity (Wildman–Crippen MR) is 89.1 cm³/mol. The molecule has 0 amide bonds. The molecule has 0 saturated heterocycles. The second-order valence-corrected chi connectivity index (χ2v) is 5.68. The summed E-state index contributed by atoms with van der Waals surface area (Å²) in [4.78, 5) is 11.9. The second kappa shape index (κ2) is 8.20. The fourth-order valence-electron chi connectivity index (χ4n) is 1.45. The second-order valence-electron chi connectivity index (χ2n) is 4.90. The minimum atomic E-state index is -0.465. The summed E-state index contributed by atoms with van der Waals surface area (Å²) in [6, 6.07) is 4.94. The molecule has 116 valence electrons. The van der Waals surface area contributed by atoms with Crippen molar-refractivity contribution in [2.24, 2.45) is 0 Å². The molecule has 0 aliphatic rings. The van der Waals surface area contributed by atoms with Crippen molar-refractivity contribution in [1.82, 2.24) is 0 Å². The summed E-state index contributed by atoms with van der Waals surface area (Å²) < 4.78 is 10.6. The van der Waals surface area contributed by atoms with Gasteiger partial charge in [0.05, 0.1) is 22.8 Å². The van der Waals surface area contributed by atoms with Crippen molar-refractivity contribution < 1.29 is 14.3 Å². The first-order valence-electron chi connectivity index (χ1n) is 6.81. The van der Waals surface area contributed by atoms with E-state index in [1.165, 1.54) is 0 Å². The minimum absolute atomic E-state index is 0.0303. The summed E-state index contributed by atoms with van der Waals surface area (Å²) in [5.41, 5.74) is 0.921. The van der Waals surface area contributed by atoms with Crippen LogP contribution in [0.3, 0.4) is 0 Å². The van der Waals surface area contributed by atoms with Crippen LogP contribution in [0.5, 0.6) is 0 Å². The van der Waals surface area contributed by atoms with Gasteiger partial charge in [-0.25, -0.2) is 4.79 Å². The van der Waals surface area contributed by atoms with Gasteiger partial charge in [0.2, 0.25) is 0 Å². The van der Waals surface area contributed by atoms with Crippen LogP contribution in [0.15, 0.2) is 18.2 Å². The number of ether oxygens (including phenoxy) is 2. The number of esters is 1. The zero-order valence-electron chi connectivity index (χ0n) is 12.6. The number of carbonyl (C=O) groups excluding carboxylic acids is 1. The molecule has 1 atom stereocenters. The van der Waals surface area contributed by atoms with Crippen LogP contribution < -0.4 is 5.32 Å². The van der Waals surface area contributed by atoms with Crippen LogP contribution in [0.25, 0.3) is 0 Å². The molecule has 0 spiro atoms. The third kappa shape index (κ3) is 5.89. The van der Waals surface area contributed by atoms with Gasteiger partial charge in [0.25, 0.3) is 5.17 Å². The lowest BCUT2D eigenvalue weighted by Gasteiger charge is -2.15. The van der Waals surface area contributed by atoms with E-state index < -0.39 is 5.97 Å². The van der Waals surface area contributed by atoms with Crippen molar-refractivity contribution in [3.63, 3.8) is 0 Å². The van der Waals surface area contributed by atoms with Gasteiger partial charge in [-0.05, 0) is 57.6 Å². The Morgan fingerprint density at radius 2 is 2.00 bits per heavy atom. The molecule has 21 heavy (non-hydrogen) atoms. The Bertz CT molecular complexity index is 520.